The lowest BCUT2D eigenvalue weighted by Crippen LogP contribution is -2.39. The van der Waals surface area contributed by atoms with Crippen molar-refractivity contribution in [3.05, 3.63) is 57.9 Å². The van der Waals surface area contributed by atoms with Gasteiger partial charge in [0.1, 0.15) is 0 Å². The molecule has 1 aromatic carbocycles. The number of anilines is 1. The smallest absolute Gasteiger partial charge is 0.346 e. The zero-order valence-electron chi connectivity index (χ0n) is 19.0. The summed E-state index contributed by atoms with van der Waals surface area (Å²) in [5, 5.41) is 7.14. The van der Waals surface area contributed by atoms with Gasteiger partial charge in [-0.05, 0) is 45.4 Å². The number of amides is 1. The molecule has 0 aliphatic carbocycles. The Balaban J connectivity index is 1.54. The molecular weight excluding hydrogens is 467 g/mol. The molecule has 0 radical (unpaired) electrons. The maximum absolute atomic E-state index is 13.2. The lowest BCUT2D eigenvalue weighted by atomic mass is 10.1. The van der Waals surface area contributed by atoms with E-state index in [1.165, 1.54) is 21.7 Å². The van der Waals surface area contributed by atoms with Crippen molar-refractivity contribution in [3.8, 4) is 5.69 Å². The van der Waals surface area contributed by atoms with E-state index in [1.54, 1.807) is 25.2 Å². The highest BCUT2D eigenvalue weighted by molar-refractivity contribution is 7.13. The predicted molar refractivity (Wildman–Crippen MR) is 123 cm³/mol. The topological polar surface area (TPSA) is 71.3 Å². The number of rotatable bonds is 4. The molecule has 0 saturated carbocycles. The molecule has 0 bridgehead atoms. The maximum Gasteiger partial charge on any atom is 0.416 e. The number of ketones is 1. The van der Waals surface area contributed by atoms with Crippen molar-refractivity contribution in [2.45, 2.75) is 33.4 Å². The molecule has 11 heteroatoms. The number of Topliss-reactive ketones (excluding diaryl/α,β-unsaturated/α-hetero) is 1. The SMILES string of the molecule is Cc1csc(N2CCCN(C(=O)C(=O)c3c(C)nn(-c4cccc(C(F)(F)F)c4)c3C)CC2)n1. The Labute approximate surface area is 198 Å². The van der Waals surface area contributed by atoms with Crippen LogP contribution in [0.3, 0.4) is 0 Å². The van der Waals surface area contributed by atoms with Gasteiger partial charge in [0.25, 0.3) is 11.7 Å². The van der Waals surface area contributed by atoms with Gasteiger partial charge >= 0.3 is 6.18 Å². The van der Waals surface area contributed by atoms with Crippen LogP contribution in [0.25, 0.3) is 5.69 Å². The number of thiazole rings is 1. The molecule has 0 unspecified atom stereocenters. The van der Waals surface area contributed by atoms with Crippen LogP contribution in [0.1, 0.15) is 39.4 Å². The number of hydrogen-bond donors (Lipinski definition) is 0. The van der Waals surface area contributed by atoms with Crippen LogP contribution in [0.5, 0.6) is 0 Å². The minimum atomic E-state index is -4.50. The average Bonchev–Trinajstić information content (AvgIpc) is 3.24. The Morgan fingerprint density at radius 2 is 1.82 bits per heavy atom. The fourth-order valence-corrected chi connectivity index (χ4v) is 4.94. The van der Waals surface area contributed by atoms with E-state index in [-0.39, 0.29) is 11.3 Å². The van der Waals surface area contributed by atoms with Crippen LogP contribution in [-0.4, -0.2) is 57.5 Å². The van der Waals surface area contributed by atoms with Crippen LogP contribution < -0.4 is 4.90 Å². The van der Waals surface area contributed by atoms with Crippen molar-refractivity contribution in [1.82, 2.24) is 19.7 Å². The predicted octanol–water partition coefficient (Wildman–Crippen LogP) is 4.19. The fraction of sp³-hybridized carbons (Fsp3) is 0.391. The maximum atomic E-state index is 13.2. The van der Waals surface area contributed by atoms with E-state index in [1.807, 2.05) is 12.3 Å². The van der Waals surface area contributed by atoms with Gasteiger partial charge in [0, 0.05) is 31.6 Å². The highest BCUT2D eigenvalue weighted by Gasteiger charge is 2.32. The van der Waals surface area contributed by atoms with Crippen LogP contribution in [-0.2, 0) is 11.0 Å². The summed E-state index contributed by atoms with van der Waals surface area (Å²) in [6.45, 7) is 7.19. The second-order valence-corrected chi connectivity index (χ2v) is 9.08. The van der Waals surface area contributed by atoms with Gasteiger partial charge in [0.2, 0.25) is 0 Å². The molecule has 0 spiro atoms. The lowest BCUT2D eigenvalue weighted by Gasteiger charge is -2.21. The summed E-state index contributed by atoms with van der Waals surface area (Å²) < 4.78 is 40.7. The van der Waals surface area contributed by atoms with E-state index >= 15 is 0 Å². The second-order valence-electron chi connectivity index (χ2n) is 8.24. The molecule has 4 rings (SSSR count). The van der Waals surface area contributed by atoms with E-state index in [4.69, 9.17) is 0 Å². The molecule has 1 fully saturated rings. The Kier molecular flexibility index (Phi) is 6.48. The van der Waals surface area contributed by atoms with Gasteiger partial charge < -0.3 is 9.80 Å². The van der Waals surface area contributed by atoms with Crippen molar-refractivity contribution in [2.75, 3.05) is 31.1 Å². The number of halogens is 3. The quantitative estimate of drug-likeness (QED) is 0.404. The van der Waals surface area contributed by atoms with Crippen LogP contribution in [0.15, 0.2) is 29.6 Å². The summed E-state index contributed by atoms with van der Waals surface area (Å²) in [7, 11) is 0. The number of alkyl halides is 3. The molecule has 3 aromatic rings. The molecule has 1 aliphatic heterocycles. The van der Waals surface area contributed by atoms with E-state index in [0.29, 0.717) is 37.4 Å². The average molecular weight is 492 g/mol. The molecule has 0 N–H and O–H groups in total. The third kappa shape index (κ3) is 4.70. The molecule has 1 aliphatic rings. The van der Waals surface area contributed by atoms with E-state index in [9.17, 15) is 22.8 Å². The second kappa shape index (κ2) is 9.21. The number of carbonyl (C=O) groups is 2. The van der Waals surface area contributed by atoms with Gasteiger partial charge in [-0.3, -0.25) is 9.59 Å². The summed E-state index contributed by atoms with van der Waals surface area (Å²) >= 11 is 1.55. The fourth-order valence-electron chi connectivity index (χ4n) is 4.09. The number of aryl methyl sites for hydroxylation is 2. The van der Waals surface area contributed by atoms with Crippen LogP contribution in [0.4, 0.5) is 18.3 Å². The number of aromatic nitrogens is 3. The Morgan fingerprint density at radius 3 is 2.50 bits per heavy atom. The molecule has 7 nitrogen and oxygen atoms in total. The summed E-state index contributed by atoms with van der Waals surface area (Å²) in [5.74, 6) is -1.33. The monoisotopic (exact) mass is 491 g/mol. The first-order chi connectivity index (χ1) is 16.1. The zero-order chi connectivity index (χ0) is 24.6. The van der Waals surface area contributed by atoms with Crippen molar-refractivity contribution in [3.63, 3.8) is 0 Å². The van der Waals surface area contributed by atoms with Gasteiger partial charge in [-0.15, -0.1) is 11.3 Å². The molecular formula is C23H24F3N5O2S. The minimum absolute atomic E-state index is 0.124. The Morgan fingerprint density at radius 1 is 1.06 bits per heavy atom. The minimum Gasteiger partial charge on any atom is -0.346 e. The van der Waals surface area contributed by atoms with Gasteiger partial charge in [-0.25, -0.2) is 9.67 Å². The van der Waals surface area contributed by atoms with Crippen LogP contribution >= 0.6 is 11.3 Å². The van der Waals surface area contributed by atoms with Crippen LogP contribution in [0, 0.1) is 20.8 Å². The van der Waals surface area contributed by atoms with Crippen molar-refractivity contribution < 1.29 is 22.8 Å². The molecule has 1 saturated heterocycles. The zero-order valence-corrected chi connectivity index (χ0v) is 19.8. The molecule has 34 heavy (non-hydrogen) atoms. The van der Waals surface area contributed by atoms with E-state index in [2.05, 4.69) is 15.0 Å². The molecule has 1 amide bonds. The third-order valence-electron chi connectivity index (χ3n) is 5.79. The molecule has 2 aromatic heterocycles. The van der Waals surface area contributed by atoms with E-state index < -0.39 is 23.4 Å². The molecule has 3 heterocycles. The first-order valence-corrected chi connectivity index (χ1v) is 11.7. The normalized spacial score (nSPS) is 14.9. The van der Waals surface area contributed by atoms with Crippen LogP contribution in [0.2, 0.25) is 0 Å². The number of benzene rings is 1. The lowest BCUT2D eigenvalue weighted by molar-refractivity contribution is -0.137. The number of hydrogen-bond acceptors (Lipinski definition) is 6. The summed E-state index contributed by atoms with van der Waals surface area (Å²) in [6, 6.07) is 4.71. The Hall–Kier alpha value is -3.21. The van der Waals surface area contributed by atoms with Crippen molar-refractivity contribution in [2.24, 2.45) is 0 Å². The number of nitrogens with zero attached hydrogens (tertiary/aromatic N) is 5. The van der Waals surface area contributed by atoms with E-state index in [0.717, 1.165) is 29.5 Å². The largest absolute Gasteiger partial charge is 0.416 e. The summed E-state index contributed by atoms with van der Waals surface area (Å²) in [4.78, 5) is 34.4. The highest BCUT2D eigenvalue weighted by atomic mass is 32.1. The van der Waals surface area contributed by atoms with Gasteiger partial charge in [0.05, 0.1) is 33.9 Å². The first kappa shape index (κ1) is 23.9. The summed E-state index contributed by atoms with van der Waals surface area (Å²) in [5.41, 5.74) is 1.04. The number of carbonyl (C=O) groups excluding carboxylic acids is 2. The molecule has 180 valence electrons. The summed E-state index contributed by atoms with van der Waals surface area (Å²) in [6.07, 6.45) is -3.81. The highest BCUT2D eigenvalue weighted by Crippen LogP contribution is 2.31. The van der Waals surface area contributed by atoms with Gasteiger partial charge in [-0.2, -0.15) is 18.3 Å². The standard InChI is InChI=1S/C23H24F3N5O2S/c1-14-13-34-22(27-14)30-9-5-8-29(10-11-30)21(33)20(32)19-15(2)28-31(16(19)3)18-7-4-6-17(12-18)23(24,25)26/h4,6-7,12-13H,5,8-11H2,1-3H3. The molecule has 0 atom stereocenters. The third-order valence-corrected chi connectivity index (χ3v) is 6.81. The first-order valence-electron chi connectivity index (χ1n) is 10.8. The Bertz CT molecular complexity index is 1230. The van der Waals surface area contributed by atoms with Gasteiger partial charge in [0.15, 0.2) is 5.13 Å². The van der Waals surface area contributed by atoms with Crippen molar-refractivity contribution in [1.29, 1.82) is 0 Å². The van der Waals surface area contributed by atoms with Crippen molar-refractivity contribution >= 4 is 28.2 Å². The van der Waals surface area contributed by atoms with Gasteiger partial charge in [-0.1, -0.05) is 6.07 Å².